The van der Waals surface area contributed by atoms with E-state index in [0.717, 1.165) is 15.6 Å². The summed E-state index contributed by atoms with van der Waals surface area (Å²) in [6, 6.07) is 11.5. The van der Waals surface area contributed by atoms with E-state index in [9.17, 15) is 4.79 Å². The number of benzene rings is 2. The number of carbonyl (C=O) groups is 1. The second-order valence-corrected chi connectivity index (χ2v) is 6.87. The maximum absolute atomic E-state index is 11.5. The third kappa shape index (κ3) is 5.94. The maximum atomic E-state index is 11.5. The topological polar surface area (TPSA) is 44.8 Å². The lowest BCUT2D eigenvalue weighted by Crippen LogP contribution is -2.00. The quantitative estimate of drug-likeness (QED) is 0.319. The molecule has 0 aliphatic rings. The van der Waals surface area contributed by atoms with E-state index in [1.807, 2.05) is 30.3 Å². The maximum Gasteiger partial charge on any atom is 0.331 e. The Morgan fingerprint density at radius 3 is 2.77 bits per heavy atom. The van der Waals surface area contributed by atoms with Gasteiger partial charge in [-0.1, -0.05) is 34.0 Å². The third-order valence-corrected chi connectivity index (χ3v) is 4.32. The molecular weight excluding hydrogens is 464 g/mol. The molecule has 6 heteroatoms. The lowest BCUT2D eigenvalue weighted by Gasteiger charge is -2.14. The Labute approximate surface area is 169 Å². The predicted molar refractivity (Wildman–Crippen MR) is 108 cm³/mol. The third-order valence-electron chi connectivity index (χ3n) is 3.23. The molecule has 0 aromatic heterocycles. The van der Waals surface area contributed by atoms with Crippen molar-refractivity contribution in [1.82, 2.24) is 0 Å². The average molecular weight is 480 g/mol. The second-order valence-electron chi connectivity index (χ2n) is 5.10. The SMILES string of the molecule is C#CCOC(=O)/C=C/c1cc(Br)c(OCc2cccc(Br)c2)c(OC)c1. The van der Waals surface area contributed by atoms with E-state index in [2.05, 4.69) is 37.8 Å². The highest BCUT2D eigenvalue weighted by Crippen LogP contribution is 2.37. The molecule has 2 aromatic rings. The molecule has 134 valence electrons. The van der Waals surface area contributed by atoms with Crippen LogP contribution >= 0.6 is 31.9 Å². The zero-order chi connectivity index (χ0) is 18.9. The molecule has 0 fully saturated rings. The number of ether oxygens (including phenoxy) is 3. The van der Waals surface area contributed by atoms with Gasteiger partial charge in [-0.05, 0) is 57.4 Å². The summed E-state index contributed by atoms with van der Waals surface area (Å²) in [5.41, 5.74) is 1.77. The summed E-state index contributed by atoms with van der Waals surface area (Å²) in [6.45, 7) is 0.334. The van der Waals surface area contributed by atoms with Gasteiger partial charge in [0.25, 0.3) is 0 Å². The Bertz CT molecular complexity index is 853. The molecule has 26 heavy (non-hydrogen) atoms. The van der Waals surface area contributed by atoms with Gasteiger partial charge in [0, 0.05) is 10.5 Å². The van der Waals surface area contributed by atoms with Crippen LogP contribution in [0.2, 0.25) is 0 Å². The summed E-state index contributed by atoms with van der Waals surface area (Å²) < 4.78 is 17.8. The number of terminal acetylenes is 1. The van der Waals surface area contributed by atoms with Crippen molar-refractivity contribution in [2.75, 3.05) is 13.7 Å². The highest BCUT2D eigenvalue weighted by molar-refractivity contribution is 9.10. The molecule has 0 spiro atoms. The summed E-state index contributed by atoms with van der Waals surface area (Å²) in [5, 5.41) is 0. The highest BCUT2D eigenvalue weighted by Gasteiger charge is 2.11. The van der Waals surface area contributed by atoms with Crippen LogP contribution in [0.1, 0.15) is 11.1 Å². The lowest BCUT2D eigenvalue weighted by molar-refractivity contribution is -0.136. The molecule has 4 nitrogen and oxygen atoms in total. The van der Waals surface area contributed by atoms with Crippen LogP contribution in [-0.2, 0) is 16.1 Å². The van der Waals surface area contributed by atoms with Gasteiger partial charge in [-0.15, -0.1) is 6.42 Å². The van der Waals surface area contributed by atoms with Crippen molar-refractivity contribution in [2.45, 2.75) is 6.61 Å². The summed E-state index contributed by atoms with van der Waals surface area (Å²) in [6.07, 6.45) is 7.97. The molecule has 0 N–H and O–H groups in total. The highest BCUT2D eigenvalue weighted by atomic mass is 79.9. The van der Waals surface area contributed by atoms with E-state index in [1.54, 1.807) is 19.3 Å². The number of hydrogen-bond acceptors (Lipinski definition) is 4. The first-order valence-corrected chi connectivity index (χ1v) is 9.15. The molecular formula is C20H16Br2O4. The number of hydrogen-bond donors (Lipinski definition) is 0. The average Bonchev–Trinajstić information content (AvgIpc) is 2.63. The van der Waals surface area contributed by atoms with Gasteiger partial charge in [-0.3, -0.25) is 0 Å². The van der Waals surface area contributed by atoms with Crippen LogP contribution in [0.15, 0.2) is 51.4 Å². The Morgan fingerprint density at radius 2 is 2.08 bits per heavy atom. The zero-order valence-corrected chi connectivity index (χ0v) is 17.2. The molecule has 0 bridgehead atoms. The first kappa shape index (κ1) is 20.1. The van der Waals surface area contributed by atoms with Crippen molar-refractivity contribution in [1.29, 1.82) is 0 Å². The van der Waals surface area contributed by atoms with Crippen molar-refractivity contribution in [3.05, 3.63) is 62.5 Å². The largest absolute Gasteiger partial charge is 0.493 e. The normalized spacial score (nSPS) is 10.4. The predicted octanol–water partition coefficient (Wildman–Crippen LogP) is 4.99. The van der Waals surface area contributed by atoms with Crippen LogP contribution in [0.4, 0.5) is 0 Å². The van der Waals surface area contributed by atoms with E-state index < -0.39 is 5.97 Å². The molecule has 0 unspecified atom stereocenters. The summed E-state index contributed by atoms with van der Waals surface area (Å²) in [7, 11) is 1.56. The molecule has 0 radical (unpaired) electrons. The standard InChI is InChI=1S/C20H16Br2O4/c1-3-9-25-19(23)8-7-14-11-17(22)20(18(12-14)24-2)26-13-15-5-4-6-16(21)10-15/h1,4-8,10-12H,9,13H2,2H3/b8-7+. The summed E-state index contributed by atoms with van der Waals surface area (Å²) >= 11 is 6.92. The van der Waals surface area contributed by atoms with Gasteiger partial charge in [-0.25, -0.2) is 4.79 Å². The Balaban J connectivity index is 2.14. The van der Waals surface area contributed by atoms with Gasteiger partial charge >= 0.3 is 5.97 Å². The van der Waals surface area contributed by atoms with E-state index in [1.165, 1.54) is 6.08 Å². The van der Waals surface area contributed by atoms with Crippen LogP contribution in [0.3, 0.4) is 0 Å². The van der Waals surface area contributed by atoms with E-state index in [0.29, 0.717) is 22.6 Å². The number of esters is 1. The number of rotatable bonds is 7. The monoisotopic (exact) mass is 478 g/mol. The molecule has 0 heterocycles. The molecule has 0 amide bonds. The van der Waals surface area contributed by atoms with Crippen molar-refractivity contribution in [2.24, 2.45) is 0 Å². The second kappa shape index (κ2) is 10.0. The number of carbonyl (C=O) groups excluding carboxylic acids is 1. The van der Waals surface area contributed by atoms with Gasteiger partial charge in [0.2, 0.25) is 0 Å². The summed E-state index contributed by atoms with van der Waals surface area (Å²) in [4.78, 5) is 11.5. The fourth-order valence-electron chi connectivity index (χ4n) is 2.08. The molecule has 2 rings (SSSR count). The Hall–Kier alpha value is -2.23. The van der Waals surface area contributed by atoms with Crippen molar-refractivity contribution in [3.63, 3.8) is 0 Å². The van der Waals surface area contributed by atoms with Crippen molar-refractivity contribution >= 4 is 43.9 Å². The first-order chi connectivity index (χ1) is 12.5. The Morgan fingerprint density at radius 1 is 1.27 bits per heavy atom. The van der Waals surface area contributed by atoms with Crippen LogP contribution in [-0.4, -0.2) is 19.7 Å². The molecule has 0 saturated carbocycles. The van der Waals surface area contributed by atoms with Gasteiger partial charge in [0.15, 0.2) is 18.1 Å². The van der Waals surface area contributed by atoms with E-state index in [4.69, 9.17) is 20.6 Å². The first-order valence-electron chi connectivity index (χ1n) is 7.56. The van der Waals surface area contributed by atoms with Gasteiger partial charge in [-0.2, -0.15) is 0 Å². The zero-order valence-electron chi connectivity index (χ0n) is 14.0. The van der Waals surface area contributed by atoms with Crippen LogP contribution in [0.5, 0.6) is 11.5 Å². The minimum absolute atomic E-state index is 0.0570. The number of halogens is 2. The van der Waals surface area contributed by atoms with Crippen molar-refractivity contribution < 1.29 is 19.0 Å². The lowest BCUT2D eigenvalue weighted by atomic mass is 10.2. The van der Waals surface area contributed by atoms with Gasteiger partial charge in [0.05, 0.1) is 11.6 Å². The van der Waals surface area contributed by atoms with Crippen LogP contribution in [0, 0.1) is 12.3 Å². The molecule has 0 aliphatic carbocycles. The molecule has 0 atom stereocenters. The minimum Gasteiger partial charge on any atom is -0.493 e. The number of methoxy groups -OCH3 is 1. The minimum atomic E-state index is -0.506. The fourth-order valence-corrected chi connectivity index (χ4v) is 3.10. The van der Waals surface area contributed by atoms with Crippen LogP contribution in [0.25, 0.3) is 6.08 Å². The van der Waals surface area contributed by atoms with Crippen molar-refractivity contribution in [3.8, 4) is 23.8 Å². The Kier molecular flexibility index (Phi) is 7.76. The van der Waals surface area contributed by atoms with E-state index in [-0.39, 0.29) is 6.61 Å². The smallest absolute Gasteiger partial charge is 0.331 e. The summed E-state index contributed by atoms with van der Waals surface area (Å²) in [5.74, 6) is 2.86. The van der Waals surface area contributed by atoms with Gasteiger partial charge in [0.1, 0.15) is 6.61 Å². The van der Waals surface area contributed by atoms with E-state index >= 15 is 0 Å². The fraction of sp³-hybridized carbons (Fsp3) is 0.150. The molecule has 0 aliphatic heterocycles. The molecule has 0 saturated heterocycles. The van der Waals surface area contributed by atoms with Crippen LogP contribution < -0.4 is 9.47 Å². The molecule has 2 aromatic carbocycles. The van der Waals surface area contributed by atoms with Gasteiger partial charge < -0.3 is 14.2 Å².